The van der Waals surface area contributed by atoms with Crippen molar-refractivity contribution >= 4 is 17.6 Å². The highest BCUT2D eigenvalue weighted by atomic mass is 16.4. The van der Waals surface area contributed by atoms with Gasteiger partial charge in [0.05, 0.1) is 6.20 Å². The van der Waals surface area contributed by atoms with E-state index >= 15 is 0 Å². The predicted molar refractivity (Wildman–Crippen MR) is 47.9 cm³/mol. The largest absolute Gasteiger partial charge is 0.474 e. The third kappa shape index (κ3) is 1.77. The maximum Gasteiger partial charge on any atom is 0.392 e. The lowest BCUT2D eigenvalue weighted by Gasteiger charge is -1.95. The second kappa shape index (κ2) is 3.40. The molecule has 2 aromatic heterocycles. The van der Waals surface area contributed by atoms with Gasteiger partial charge in [0, 0.05) is 0 Å². The van der Waals surface area contributed by atoms with E-state index < -0.39 is 5.97 Å². The molecule has 8 heteroatoms. The van der Waals surface area contributed by atoms with Gasteiger partial charge in [0.1, 0.15) is 5.76 Å². The van der Waals surface area contributed by atoms with Crippen LogP contribution in [0.4, 0.5) is 11.6 Å². The zero-order valence-corrected chi connectivity index (χ0v) is 7.68. The molecule has 2 rings (SSSR count). The fourth-order valence-electron chi connectivity index (χ4n) is 0.987. The molecule has 0 atom stereocenters. The fraction of sp³-hybridized carbons (Fsp3) is 0.143. The highest BCUT2D eigenvalue weighted by Gasteiger charge is 2.15. The standard InChI is InChI=1S/C7H7N5O3/c1-3-5(9-4-2-8-12-11-4)10-6(15-3)7(13)14/h2H,1H3,(H,13,14)(H2,8,9,11,12). The summed E-state index contributed by atoms with van der Waals surface area (Å²) in [5, 5.41) is 21.1. The van der Waals surface area contributed by atoms with Gasteiger partial charge in [0.15, 0.2) is 11.6 Å². The van der Waals surface area contributed by atoms with Crippen molar-refractivity contribution < 1.29 is 14.3 Å². The maximum absolute atomic E-state index is 10.6. The first kappa shape index (κ1) is 9.19. The lowest BCUT2D eigenvalue weighted by molar-refractivity contribution is 0.0652. The van der Waals surface area contributed by atoms with Crippen LogP contribution in [0.1, 0.15) is 16.4 Å². The summed E-state index contributed by atoms with van der Waals surface area (Å²) in [5.74, 6) is -0.468. The number of aromatic amines is 1. The molecule has 0 aliphatic heterocycles. The number of carbonyl (C=O) groups is 1. The zero-order valence-electron chi connectivity index (χ0n) is 7.68. The van der Waals surface area contributed by atoms with Gasteiger partial charge in [-0.1, -0.05) is 0 Å². The van der Waals surface area contributed by atoms with Gasteiger partial charge in [-0.3, -0.25) is 0 Å². The van der Waals surface area contributed by atoms with Crippen LogP contribution in [0.5, 0.6) is 0 Å². The lowest BCUT2D eigenvalue weighted by Crippen LogP contribution is -1.97. The molecule has 15 heavy (non-hydrogen) atoms. The third-order valence-corrected chi connectivity index (χ3v) is 1.64. The molecular weight excluding hydrogens is 202 g/mol. The molecule has 0 bridgehead atoms. The van der Waals surface area contributed by atoms with Crippen molar-refractivity contribution in [2.75, 3.05) is 5.32 Å². The Labute approximate surface area is 83.3 Å². The third-order valence-electron chi connectivity index (χ3n) is 1.64. The van der Waals surface area contributed by atoms with Crippen molar-refractivity contribution in [2.24, 2.45) is 0 Å². The number of hydrogen-bond donors (Lipinski definition) is 3. The number of carboxylic acids is 1. The smallest absolute Gasteiger partial charge is 0.392 e. The molecule has 3 N–H and O–H groups in total. The second-order valence-electron chi connectivity index (χ2n) is 2.71. The van der Waals surface area contributed by atoms with Crippen molar-refractivity contribution in [2.45, 2.75) is 6.92 Å². The van der Waals surface area contributed by atoms with E-state index in [2.05, 4.69) is 25.7 Å². The Hall–Kier alpha value is -2.38. The van der Waals surface area contributed by atoms with Crippen LogP contribution in [0.25, 0.3) is 0 Å². The summed E-state index contributed by atoms with van der Waals surface area (Å²) in [6, 6.07) is 0. The minimum atomic E-state index is -1.22. The fourth-order valence-corrected chi connectivity index (χ4v) is 0.987. The molecule has 2 heterocycles. The highest BCUT2D eigenvalue weighted by molar-refractivity contribution is 5.83. The summed E-state index contributed by atoms with van der Waals surface area (Å²) >= 11 is 0. The Bertz CT molecular complexity index is 475. The first-order chi connectivity index (χ1) is 7.16. The number of H-pyrrole nitrogens is 1. The van der Waals surface area contributed by atoms with Crippen LogP contribution in [0.3, 0.4) is 0 Å². The van der Waals surface area contributed by atoms with Gasteiger partial charge in [-0.05, 0) is 6.92 Å². The van der Waals surface area contributed by atoms with E-state index in [-0.39, 0.29) is 5.89 Å². The number of nitrogens with zero attached hydrogens (tertiary/aromatic N) is 3. The molecule has 0 aromatic carbocycles. The number of hydrogen-bond acceptors (Lipinski definition) is 6. The van der Waals surface area contributed by atoms with Gasteiger partial charge in [-0.2, -0.15) is 15.3 Å². The molecule has 0 amide bonds. The van der Waals surface area contributed by atoms with Crippen LogP contribution in [0.15, 0.2) is 10.6 Å². The van der Waals surface area contributed by atoms with E-state index in [9.17, 15) is 4.79 Å². The number of aryl methyl sites for hydroxylation is 1. The van der Waals surface area contributed by atoms with E-state index in [4.69, 9.17) is 9.52 Å². The van der Waals surface area contributed by atoms with E-state index in [0.717, 1.165) is 0 Å². The molecule has 0 radical (unpaired) electrons. The summed E-state index contributed by atoms with van der Waals surface area (Å²) in [6.45, 7) is 1.60. The quantitative estimate of drug-likeness (QED) is 0.675. The molecule has 0 unspecified atom stereocenters. The molecular formula is C7H7N5O3. The highest BCUT2D eigenvalue weighted by Crippen LogP contribution is 2.18. The van der Waals surface area contributed by atoms with Crippen molar-refractivity contribution in [1.82, 2.24) is 20.4 Å². The summed E-state index contributed by atoms with van der Waals surface area (Å²) in [6.07, 6.45) is 1.44. The minimum absolute atomic E-state index is 0.307. The molecule has 0 spiro atoms. The number of nitrogens with one attached hydrogen (secondary N) is 2. The number of carboxylic acid groups (broad SMARTS) is 1. The van der Waals surface area contributed by atoms with Crippen LogP contribution < -0.4 is 5.32 Å². The van der Waals surface area contributed by atoms with Gasteiger partial charge in [0.25, 0.3) is 0 Å². The van der Waals surface area contributed by atoms with Crippen LogP contribution in [-0.2, 0) is 0 Å². The topological polar surface area (TPSA) is 117 Å². The average molecular weight is 209 g/mol. The lowest BCUT2D eigenvalue weighted by atomic mass is 10.5. The van der Waals surface area contributed by atoms with Crippen LogP contribution >= 0.6 is 0 Å². The average Bonchev–Trinajstić information content (AvgIpc) is 2.77. The van der Waals surface area contributed by atoms with Crippen LogP contribution in [0, 0.1) is 6.92 Å². The van der Waals surface area contributed by atoms with Crippen LogP contribution in [0.2, 0.25) is 0 Å². The molecule has 0 fully saturated rings. The van der Waals surface area contributed by atoms with Crippen LogP contribution in [-0.4, -0.2) is 31.5 Å². The number of anilines is 2. The summed E-state index contributed by atoms with van der Waals surface area (Å²) in [5.41, 5.74) is 0. The molecule has 0 saturated carbocycles. The van der Waals surface area contributed by atoms with Crippen molar-refractivity contribution in [3.8, 4) is 0 Å². The van der Waals surface area contributed by atoms with Gasteiger partial charge in [-0.25, -0.2) is 4.79 Å². The minimum Gasteiger partial charge on any atom is -0.474 e. The molecule has 0 saturated heterocycles. The number of oxazole rings is 1. The van der Waals surface area contributed by atoms with Gasteiger partial charge in [-0.15, -0.1) is 5.10 Å². The normalized spacial score (nSPS) is 10.2. The number of aromatic nitrogens is 4. The second-order valence-corrected chi connectivity index (χ2v) is 2.71. The predicted octanol–water partition coefficient (Wildman–Crippen LogP) is 0.543. The van der Waals surface area contributed by atoms with Gasteiger partial charge in [0.2, 0.25) is 0 Å². The summed E-state index contributed by atoms with van der Waals surface area (Å²) < 4.78 is 4.89. The molecule has 2 aromatic rings. The van der Waals surface area contributed by atoms with E-state index in [1.807, 2.05) is 0 Å². The Morgan fingerprint density at radius 1 is 1.67 bits per heavy atom. The maximum atomic E-state index is 10.6. The Morgan fingerprint density at radius 2 is 2.47 bits per heavy atom. The van der Waals surface area contributed by atoms with Crippen molar-refractivity contribution in [3.05, 3.63) is 17.8 Å². The van der Waals surface area contributed by atoms with E-state index in [1.54, 1.807) is 6.92 Å². The van der Waals surface area contributed by atoms with Crippen molar-refractivity contribution in [1.29, 1.82) is 0 Å². The molecule has 0 aliphatic rings. The Morgan fingerprint density at radius 3 is 3.00 bits per heavy atom. The first-order valence-corrected chi connectivity index (χ1v) is 4.00. The Kier molecular flexibility index (Phi) is 2.08. The number of aromatic carboxylic acids is 1. The number of rotatable bonds is 3. The van der Waals surface area contributed by atoms with Gasteiger partial charge >= 0.3 is 11.9 Å². The van der Waals surface area contributed by atoms with E-state index in [0.29, 0.717) is 17.4 Å². The molecule has 78 valence electrons. The Balaban J connectivity index is 2.25. The van der Waals surface area contributed by atoms with Crippen molar-refractivity contribution in [3.63, 3.8) is 0 Å². The SMILES string of the molecule is Cc1oc(C(=O)O)nc1Nc1cn[nH]n1. The zero-order chi connectivity index (χ0) is 10.8. The van der Waals surface area contributed by atoms with Gasteiger partial charge < -0.3 is 14.8 Å². The molecule has 0 aliphatic carbocycles. The first-order valence-electron chi connectivity index (χ1n) is 4.00. The summed E-state index contributed by atoms with van der Waals surface area (Å²) in [4.78, 5) is 14.3. The summed E-state index contributed by atoms with van der Waals surface area (Å²) in [7, 11) is 0. The van der Waals surface area contributed by atoms with E-state index in [1.165, 1.54) is 6.20 Å². The monoisotopic (exact) mass is 209 g/mol. The molecule has 8 nitrogen and oxygen atoms in total.